The minimum Gasteiger partial charge on any atom is -0.491 e. The largest absolute Gasteiger partial charge is 0.491 e. The lowest BCUT2D eigenvalue weighted by Gasteiger charge is -2.08. The summed E-state index contributed by atoms with van der Waals surface area (Å²) in [5.41, 5.74) is 0.682. The molecule has 0 aromatic carbocycles. The van der Waals surface area contributed by atoms with Gasteiger partial charge < -0.3 is 9.84 Å². The number of aromatic nitrogens is 1. The third-order valence-electron chi connectivity index (χ3n) is 2.46. The number of hydrogen-bond acceptors (Lipinski definition) is 3. The van der Waals surface area contributed by atoms with Crippen LogP contribution >= 0.6 is 0 Å². The van der Waals surface area contributed by atoms with Gasteiger partial charge in [-0.25, -0.2) is 9.78 Å². The van der Waals surface area contributed by atoms with Crippen LogP contribution in [0.5, 0.6) is 5.75 Å². The smallest absolute Gasteiger partial charge is 0.358 e. The van der Waals surface area contributed by atoms with Crippen LogP contribution in [-0.4, -0.2) is 22.7 Å². The van der Waals surface area contributed by atoms with Crippen molar-refractivity contribution >= 4 is 5.97 Å². The summed E-state index contributed by atoms with van der Waals surface area (Å²) < 4.78 is 5.46. The van der Waals surface area contributed by atoms with Crippen LogP contribution in [0.25, 0.3) is 0 Å². The highest BCUT2D eigenvalue weighted by Crippen LogP contribution is 2.17. The summed E-state index contributed by atoms with van der Waals surface area (Å²) in [6.07, 6.45) is 4.41. The Bertz CT molecular complexity index is 377. The SMILES string of the molecule is CCCCCCOc1ccc(C)nc1C(=O)O. The second-order valence-electron chi connectivity index (χ2n) is 4.01. The van der Waals surface area contributed by atoms with Crippen LogP contribution in [0.2, 0.25) is 0 Å². The van der Waals surface area contributed by atoms with E-state index in [1.165, 1.54) is 12.8 Å². The fourth-order valence-corrected chi connectivity index (χ4v) is 1.52. The number of hydrogen-bond donors (Lipinski definition) is 1. The molecule has 1 rings (SSSR count). The highest BCUT2D eigenvalue weighted by Gasteiger charge is 2.13. The summed E-state index contributed by atoms with van der Waals surface area (Å²) in [5.74, 6) is -0.683. The van der Waals surface area contributed by atoms with Crippen molar-refractivity contribution < 1.29 is 14.6 Å². The third-order valence-corrected chi connectivity index (χ3v) is 2.46. The van der Waals surface area contributed by atoms with E-state index in [-0.39, 0.29) is 5.69 Å². The van der Waals surface area contributed by atoms with Gasteiger partial charge in [0.25, 0.3) is 0 Å². The number of pyridine rings is 1. The van der Waals surface area contributed by atoms with E-state index in [9.17, 15) is 4.79 Å². The monoisotopic (exact) mass is 237 g/mol. The molecule has 4 heteroatoms. The van der Waals surface area contributed by atoms with Crippen molar-refractivity contribution in [2.75, 3.05) is 6.61 Å². The van der Waals surface area contributed by atoms with Crippen LogP contribution in [0.3, 0.4) is 0 Å². The average molecular weight is 237 g/mol. The van der Waals surface area contributed by atoms with Gasteiger partial charge in [-0.3, -0.25) is 0 Å². The van der Waals surface area contributed by atoms with Crippen molar-refractivity contribution in [1.29, 1.82) is 0 Å². The fourth-order valence-electron chi connectivity index (χ4n) is 1.52. The maximum atomic E-state index is 11.0. The zero-order chi connectivity index (χ0) is 12.7. The van der Waals surface area contributed by atoms with Gasteiger partial charge in [-0.05, 0) is 25.5 Å². The van der Waals surface area contributed by atoms with E-state index in [4.69, 9.17) is 9.84 Å². The number of carboxylic acids is 1. The fraction of sp³-hybridized carbons (Fsp3) is 0.538. The van der Waals surface area contributed by atoms with E-state index in [1.807, 2.05) is 0 Å². The van der Waals surface area contributed by atoms with Crippen LogP contribution < -0.4 is 4.74 Å². The molecule has 0 unspecified atom stereocenters. The molecule has 0 saturated carbocycles. The molecule has 0 spiro atoms. The summed E-state index contributed by atoms with van der Waals surface area (Å²) in [6.45, 7) is 4.45. The Labute approximate surface area is 102 Å². The summed E-state index contributed by atoms with van der Waals surface area (Å²) in [7, 11) is 0. The Balaban J connectivity index is 2.55. The van der Waals surface area contributed by atoms with Crippen LogP contribution in [0.15, 0.2) is 12.1 Å². The molecule has 0 aliphatic heterocycles. The van der Waals surface area contributed by atoms with Crippen LogP contribution in [0, 0.1) is 6.92 Å². The molecular weight excluding hydrogens is 218 g/mol. The Morgan fingerprint density at radius 1 is 1.35 bits per heavy atom. The molecule has 94 valence electrons. The molecule has 0 saturated heterocycles. The number of aromatic carboxylic acids is 1. The molecule has 1 aromatic rings. The number of carbonyl (C=O) groups is 1. The van der Waals surface area contributed by atoms with Gasteiger partial charge in [-0.15, -0.1) is 0 Å². The number of nitrogens with zero attached hydrogens (tertiary/aromatic N) is 1. The summed E-state index contributed by atoms with van der Waals surface area (Å²) in [5, 5.41) is 8.99. The van der Waals surface area contributed by atoms with Gasteiger partial charge >= 0.3 is 5.97 Å². The zero-order valence-corrected chi connectivity index (χ0v) is 10.4. The van der Waals surface area contributed by atoms with E-state index in [0.29, 0.717) is 18.1 Å². The standard InChI is InChI=1S/C13H19NO3/c1-3-4-5-6-9-17-11-8-7-10(2)14-12(11)13(15)16/h7-8H,3-6,9H2,1-2H3,(H,15,16). The average Bonchev–Trinajstić information content (AvgIpc) is 2.30. The summed E-state index contributed by atoms with van der Waals surface area (Å²) in [6, 6.07) is 3.43. The van der Waals surface area contributed by atoms with Gasteiger partial charge in [0.05, 0.1) is 6.61 Å². The minimum atomic E-state index is -1.04. The maximum absolute atomic E-state index is 11.0. The van der Waals surface area contributed by atoms with E-state index in [0.717, 1.165) is 12.8 Å². The van der Waals surface area contributed by atoms with E-state index < -0.39 is 5.97 Å². The molecule has 17 heavy (non-hydrogen) atoms. The number of carboxylic acid groups (broad SMARTS) is 1. The molecule has 4 nitrogen and oxygen atoms in total. The first-order chi connectivity index (χ1) is 8.15. The van der Waals surface area contributed by atoms with E-state index in [1.54, 1.807) is 19.1 Å². The highest BCUT2D eigenvalue weighted by atomic mass is 16.5. The van der Waals surface area contributed by atoms with Gasteiger partial charge in [0.1, 0.15) is 0 Å². The topological polar surface area (TPSA) is 59.4 Å². The van der Waals surface area contributed by atoms with Gasteiger partial charge in [-0.1, -0.05) is 26.2 Å². The van der Waals surface area contributed by atoms with Gasteiger partial charge in [0.15, 0.2) is 11.4 Å². The lowest BCUT2D eigenvalue weighted by molar-refractivity contribution is 0.0685. The molecule has 0 radical (unpaired) electrons. The minimum absolute atomic E-state index is 0.000455. The van der Waals surface area contributed by atoms with Crippen molar-refractivity contribution in [2.24, 2.45) is 0 Å². The van der Waals surface area contributed by atoms with Gasteiger partial charge in [0, 0.05) is 5.69 Å². The van der Waals surface area contributed by atoms with Crippen molar-refractivity contribution in [2.45, 2.75) is 39.5 Å². The molecule has 0 aliphatic carbocycles. The molecule has 1 heterocycles. The van der Waals surface area contributed by atoms with Crippen LogP contribution in [0.4, 0.5) is 0 Å². The third kappa shape index (κ3) is 4.43. The molecule has 1 aromatic heterocycles. The van der Waals surface area contributed by atoms with Crippen molar-refractivity contribution in [3.63, 3.8) is 0 Å². The molecule has 0 aliphatic rings. The molecule has 0 fully saturated rings. The number of ether oxygens (including phenoxy) is 1. The van der Waals surface area contributed by atoms with Gasteiger partial charge in [-0.2, -0.15) is 0 Å². The highest BCUT2D eigenvalue weighted by molar-refractivity contribution is 5.88. The Morgan fingerprint density at radius 2 is 2.12 bits per heavy atom. The van der Waals surface area contributed by atoms with Gasteiger partial charge in [0.2, 0.25) is 0 Å². The first-order valence-electron chi connectivity index (χ1n) is 5.99. The first kappa shape index (κ1) is 13.5. The van der Waals surface area contributed by atoms with Crippen LogP contribution in [-0.2, 0) is 0 Å². The lowest BCUT2D eigenvalue weighted by atomic mass is 10.2. The Kier molecular flexibility index (Phi) is 5.46. The van der Waals surface area contributed by atoms with E-state index in [2.05, 4.69) is 11.9 Å². The maximum Gasteiger partial charge on any atom is 0.358 e. The molecule has 0 amide bonds. The summed E-state index contributed by atoms with van der Waals surface area (Å²) in [4.78, 5) is 14.9. The summed E-state index contributed by atoms with van der Waals surface area (Å²) >= 11 is 0. The normalized spacial score (nSPS) is 10.2. The zero-order valence-electron chi connectivity index (χ0n) is 10.4. The number of rotatable bonds is 7. The number of aryl methyl sites for hydroxylation is 1. The number of unbranched alkanes of at least 4 members (excludes halogenated alkanes) is 3. The van der Waals surface area contributed by atoms with Crippen LogP contribution in [0.1, 0.15) is 48.8 Å². The van der Waals surface area contributed by atoms with E-state index >= 15 is 0 Å². The Morgan fingerprint density at radius 3 is 2.76 bits per heavy atom. The van der Waals surface area contributed by atoms with Crippen molar-refractivity contribution in [3.05, 3.63) is 23.5 Å². The predicted molar refractivity (Wildman–Crippen MR) is 65.6 cm³/mol. The molecular formula is C13H19NO3. The predicted octanol–water partition coefficient (Wildman–Crippen LogP) is 3.05. The molecule has 0 bridgehead atoms. The van der Waals surface area contributed by atoms with Crippen molar-refractivity contribution in [1.82, 2.24) is 4.98 Å². The Hall–Kier alpha value is -1.58. The first-order valence-corrected chi connectivity index (χ1v) is 5.99. The van der Waals surface area contributed by atoms with Crippen molar-refractivity contribution in [3.8, 4) is 5.75 Å². The quantitative estimate of drug-likeness (QED) is 0.740. The molecule has 1 N–H and O–H groups in total. The lowest BCUT2D eigenvalue weighted by Crippen LogP contribution is -2.07. The molecule has 0 atom stereocenters. The second-order valence-corrected chi connectivity index (χ2v) is 4.01. The second kappa shape index (κ2) is 6.89.